The van der Waals surface area contributed by atoms with Gasteiger partial charge in [0, 0.05) is 5.92 Å². The van der Waals surface area contributed by atoms with Gasteiger partial charge in [0.15, 0.2) is 5.92 Å². The van der Waals surface area contributed by atoms with Crippen molar-refractivity contribution < 1.29 is 47.5 Å². The maximum Gasteiger partial charge on any atom is 0.320 e. The number of carbonyl (C=O) groups excluding carboxylic acids is 2. The largest absolute Gasteiger partial charge is 1.00 e. The Balaban J connectivity index is 0.00000288. The molecule has 2 fully saturated rings. The van der Waals surface area contributed by atoms with Crippen molar-refractivity contribution >= 4 is 11.9 Å². The molecule has 0 aromatic carbocycles. The minimum Gasteiger partial charge on any atom is -1.00 e. The highest BCUT2D eigenvalue weighted by Gasteiger charge is 2.46. The van der Waals surface area contributed by atoms with E-state index in [4.69, 9.17) is 9.47 Å². The standard InChI is InChI=1S/C18H32NO4.HI/c1-4-22-17(20)15(18(21)23-5-2)13-14-9-8-12-19(3)11-7-6-10-16(14)19;/h14-16H,4-13H2,1-3H3;1H/q+1;/p-1/t14-,16+,19?;/m0./s1. The maximum atomic E-state index is 12.2. The monoisotopic (exact) mass is 453 g/mol. The van der Waals surface area contributed by atoms with Crippen LogP contribution in [0.25, 0.3) is 0 Å². The number of hydrogen-bond acceptors (Lipinski definition) is 4. The Morgan fingerprint density at radius 3 is 2.17 bits per heavy atom. The number of halogens is 1. The summed E-state index contributed by atoms with van der Waals surface area (Å²) in [6, 6.07) is 0.573. The molecule has 0 spiro atoms. The summed E-state index contributed by atoms with van der Waals surface area (Å²) in [5.74, 6) is -1.18. The van der Waals surface area contributed by atoms with Crippen molar-refractivity contribution in [2.75, 3.05) is 33.4 Å². The third-order valence-corrected chi connectivity index (χ3v) is 5.69. The molecular formula is C18H32INO4. The van der Waals surface area contributed by atoms with Crippen molar-refractivity contribution in [3.8, 4) is 0 Å². The fraction of sp³-hybridized carbons (Fsp3) is 0.889. The van der Waals surface area contributed by atoms with Crippen molar-refractivity contribution in [1.82, 2.24) is 0 Å². The number of fused-ring (bicyclic) bond motifs is 1. The number of rotatable bonds is 6. The first-order valence-corrected chi connectivity index (χ1v) is 9.19. The Morgan fingerprint density at radius 1 is 1.00 bits per heavy atom. The second-order valence-electron chi connectivity index (χ2n) is 7.18. The summed E-state index contributed by atoms with van der Waals surface area (Å²) in [5.41, 5.74) is 0. The molecule has 2 heterocycles. The molecule has 1 unspecified atom stereocenters. The van der Waals surface area contributed by atoms with Gasteiger partial charge in [-0.3, -0.25) is 9.59 Å². The normalized spacial score (nSPS) is 29.3. The fourth-order valence-electron chi connectivity index (χ4n) is 4.59. The summed E-state index contributed by atoms with van der Waals surface area (Å²) in [4.78, 5) is 24.5. The van der Waals surface area contributed by atoms with Crippen LogP contribution in [-0.2, 0) is 19.1 Å². The van der Waals surface area contributed by atoms with Crippen molar-refractivity contribution in [3.63, 3.8) is 0 Å². The zero-order chi connectivity index (χ0) is 16.9. The van der Waals surface area contributed by atoms with E-state index in [0.717, 1.165) is 10.9 Å². The van der Waals surface area contributed by atoms with Gasteiger partial charge in [-0.2, -0.15) is 0 Å². The molecule has 2 rings (SSSR count). The molecule has 0 bridgehead atoms. The third-order valence-electron chi connectivity index (χ3n) is 5.69. The van der Waals surface area contributed by atoms with E-state index in [1.807, 2.05) is 0 Å². The van der Waals surface area contributed by atoms with E-state index < -0.39 is 17.9 Å². The number of quaternary nitrogens is 1. The van der Waals surface area contributed by atoms with E-state index in [9.17, 15) is 9.59 Å². The molecule has 6 heteroatoms. The number of nitrogens with zero attached hydrogens (tertiary/aromatic N) is 1. The summed E-state index contributed by atoms with van der Waals surface area (Å²) in [7, 11) is 2.35. The first-order chi connectivity index (χ1) is 11.0. The average molecular weight is 453 g/mol. The van der Waals surface area contributed by atoms with Crippen LogP contribution in [0.4, 0.5) is 0 Å². The molecule has 24 heavy (non-hydrogen) atoms. The molecule has 0 radical (unpaired) electrons. The van der Waals surface area contributed by atoms with Gasteiger partial charge in [-0.1, -0.05) is 0 Å². The SMILES string of the molecule is CCOC(=O)C(C[C@@H]1CCC[N+]2(C)CCCC[C@H]12)C(=O)OCC.[I-]. The molecule has 0 saturated carbocycles. The lowest BCUT2D eigenvalue weighted by Crippen LogP contribution is -3.00. The van der Waals surface area contributed by atoms with E-state index in [0.29, 0.717) is 31.6 Å². The quantitative estimate of drug-likeness (QED) is 0.236. The van der Waals surface area contributed by atoms with Crippen LogP contribution < -0.4 is 24.0 Å². The van der Waals surface area contributed by atoms with E-state index in [1.165, 1.54) is 38.8 Å². The average Bonchev–Trinajstić information content (AvgIpc) is 2.52. The Morgan fingerprint density at radius 2 is 1.58 bits per heavy atom. The second kappa shape index (κ2) is 9.94. The molecule has 0 amide bonds. The summed E-state index contributed by atoms with van der Waals surface area (Å²) in [6.07, 6.45) is 6.62. The van der Waals surface area contributed by atoms with E-state index in [1.54, 1.807) is 13.8 Å². The van der Waals surface area contributed by atoms with Gasteiger partial charge in [0.2, 0.25) is 0 Å². The lowest BCUT2D eigenvalue weighted by molar-refractivity contribution is -0.947. The van der Waals surface area contributed by atoms with Gasteiger partial charge in [-0.05, 0) is 52.4 Å². The molecule has 2 aliphatic heterocycles. The molecule has 2 saturated heterocycles. The fourth-order valence-corrected chi connectivity index (χ4v) is 4.59. The second-order valence-corrected chi connectivity index (χ2v) is 7.18. The van der Waals surface area contributed by atoms with Crippen molar-refractivity contribution in [3.05, 3.63) is 0 Å². The first kappa shape index (κ1) is 21.7. The lowest BCUT2D eigenvalue weighted by atomic mass is 9.77. The number of hydrogen-bond donors (Lipinski definition) is 0. The highest BCUT2D eigenvalue weighted by atomic mass is 127. The van der Waals surface area contributed by atoms with Crippen LogP contribution in [0, 0.1) is 11.8 Å². The van der Waals surface area contributed by atoms with Gasteiger partial charge in [0.25, 0.3) is 0 Å². The van der Waals surface area contributed by atoms with E-state index >= 15 is 0 Å². The van der Waals surface area contributed by atoms with Gasteiger partial charge < -0.3 is 37.9 Å². The lowest BCUT2D eigenvalue weighted by Gasteiger charge is -2.51. The van der Waals surface area contributed by atoms with Crippen molar-refractivity contribution in [2.24, 2.45) is 11.8 Å². The summed E-state index contributed by atoms with van der Waals surface area (Å²) in [6.45, 7) is 6.61. The summed E-state index contributed by atoms with van der Waals surface area (Å²) < 4.78 is 11.4. The Bertz CT molecular complexity index is 409. The van der Waals surface area contributed by atoms with Gasteiger partial charge in [-0.15, -0.1) is 0 Å². The Labute approximate surface area is 163 Å². The zero-order valence-corrected chi connectivity index (χ0v) is 17.4. The number of carbonyl (C=O) groups is 2. The van der Waals surface area contributed by atoms with Crippen LogP contribution in [0.3, 0.4) is 0 Å². The van der Waals surface area contributed by atoms with Crippen LogP contribution >= 0.6 is 0 Å². The predicted molar refractivity (Wildman–Crippen MR) is 87.7 cm³/mol. The van der Waals surface area contributed by atoms with Crippen LogP contribution in [0.2, 0.25) is 0 Å². The summed E-state index contributed by atoms with van der Waals surface area (Å²) >= 11 is 0. The van der Waals surface area contributed by atoms with Gasteiger partial charge >= 0.3 is 11.9 Å². The van der Waals surface area contributed by atoms with Crippen LogP contribution in [0.1, 0.15) is 52.4 Å². The molecule has 0 N–H and O–H groups in total. The summed E-state index contributed by atoms with van der Waals surface area (Å²) in [5, 5.41) is 0. The van der Waals surface area contributed by atoms with Crippen molar-refractivity contribution in [2.45, 2.75) is 58.4 Å². The van der Waals surface area contributed by atoms with Crippen LogP contribution in [0.15, 0.2) is 0 Å². The highest BCUT2D eigenvalue weighted by molar-refractivity contribution is 5.94. The number of esters is 2. The molecule has 140 valence electrons. The molecule has 2 aliphatic rings. The van der Waals surface area contributed by atoms with Gasteiger partial charge in [0.1, 0.15) is 0 Å². The molecule has 3 atom stereocenters. The van der Waals surface area contributed by atoms with Gasteiger partial charge in [-0.25, -0.2) is 0 Å². The van der Waals surface area contributed by atoms with Crippen molar-refractivity contribution in [1.29, 1.82) is 0 Å². The Kier molecular flexibility index (Phi) is 8.98. The van der Waals surface area contributed by atoms with E-state index in [-0.39, 0.29) is 24.0 Å². The third kappa shape index (κ3) is 5.07. The zero-order valence-electron chi connectivity index (χ0n) is 15.3. The first-order valence-electron chi connectivity index (χ1n) is 9.19. The maximum absolute atomic E-state index is 12.2. The molecular weight excluding hydrogens is 421 g/mol. The number of ether oxygens (including phenoxy) is 2. The molecule has 0 aromatic heterocycles. The van der Waals surface area contributed by atoms with Gasteiger partial charge in [0.05, 0.1) is 39.4 Å². The van der Waals surface area contributed by atoms with Crippen LogP contribution in [0.5, 0.6) is 0 Å². The predicted octanol–water partition coefficient (Wildman–Crippen LogP) is -0.468. The molecule has 0 aromatic rings. The minimum atomic E-state index is -0.756. The number of piperidine rings is 2. The van der Waals surface area contributed by atoms with E-state index in [2.05, 4.69) is 7.05 Å². The highest BCUT2D eigenvalue weighted by Crippen LogP contribution is 2.39. The minimum absolute atomic E-state index is 0. The smallest absolute Gasteiger partial charge is 0.320 e. The van der Waals surface area contributed by atoms with Crippen LogP contribution in [-0.4, -0.2) is 55.8 Å². The molecule has 5 nitrogen and oxygen atoms in total. The molecule has 0 aliphatic carbocycles. The Hall–Kier alpha value is -0.370. The topological polar surface area (TPSA) is 52.6 Å².